The van der Waals surface area contributed by atoms with E-state index >= 15 is 0 Å². The van der Waals surface area contributed by atoms with Crippen LogP contribution in [0.1, 0.15) is 33.3 Å². The molecule has 2 N–H and O–H groups in total. The Balaban J connectivity index is 1.53. The van der Waals surface area contributed by atoms with Gasteiger partial charge in [-0.1, -0.05) is 30.3 Å². The maximum Gasteiger partial charge on any atom is 0.339 e. The van der Waals surface area contributed by atoms with Gasteiger partial charge in [-0.15, -0.1) is 0 Å². The lowest BCUT2D eigenvalue weighted by Gasteiger charge is -2.16. The Labute approximate surface area is 205 Å². The predicted octanol–water partition coefficient (Wildman–Crippen LogP) is 3.79. The highest BCUT2D eigenvalue weighted by molar-refractivity contribution is 7.99. The fourth-order valence-electron chi connectivity index (χ4n) is 3.17. The molecule has 0 aliphatic heterocycles. The fraction of sp³-hybridized carbons (Fsp3) is 0.167. The summed E-state index contributed by atoms with van der Waals surface area (Å²) < 4.78 is 10.8. The number of carbonyl (C=O) groups is 2. The number of pyridine rings is 2. The Kier molecular flexibility index (Phi) is 7.68. The van der Waals surface area contributed by atoms with Crippen LogP contribution in [0.4, 0.5) is 5.82 Å². The van der Waals surface area contributed by atoms with Crippen LogP contribution >= 0.6 is 11.8 Å². The summed E-state index contributed by atoms with van der Waals surface area (Å²) in [5, 5.41) is 10.3. The summed E-state index contributed by atoms with van der Waals surface area (Å²) in [6.45, 7) is 1.96. The molecule has 0 bridgehead atoms. The van der Waals surface area contributed by atoms with Gasteiger partial charge in [0.25, 0.3) is 5.91 Å². The quantitative estimate of drug-likeness (QED) is 0.336. The second kappa shape index (κ2) is 11.3. The normalized spacial score (nSPS) is 11.5. The molecule has 10 nitrogen and oxygen atoms in total. The molecule has 3 aromatic heterocycles. The number of benzene rings is 1. The third-order valence-corrected chi connectivity index (χ3v) is 5.54. The van der Waals surface area contributed by atoms with E-state index in [0.717, 1.165) is 5.56 Å². The van der Waals surface area contributed by atoms with Gasteiger partial charge in [0.15, 0.2) is 5.16 Å². The number of carbonyl (C=O) groups excluding carboxylic acids is 2. The highest BCUT2D eigenvalue weighted by atomic mass is 32.2. The molecule has 178 valence electrons. The van der Waals surface area contributed by atoms with Crippen molar-refractivity contribution in [2.75, 3.05) is 12.4 Å². The molecular formula is C24H22N6O4S. The first-order chi connectivity index (χ1) is 17.0. The zero-order chi connectivity index (χ0) is 24.6. The maximum atomic E-state index is 13.0. The SMILES string of the molecule is COC(=O)c1ccc(NC(=O)c2cc(O[C@@H](C)Cc3ccccc3)cc(Sc3ncn[nH]3)n2)nc1. The molecule has 0 aliphatic rings. The smallest absolute Gasteiger partial charge is 0.339 e. The van der Waals surface area contributed by atoms with Crippen LogP contribution in [-0.4, -0.2) is 50.2 Å². The van der Waals surface area contributed by atoms with Crippen molar-refractivity contribution >= 4 is 29.5 Å². The molecule has 1 amide bonds. The minimum Gasteiger partial charge on any atom is -0.490 e. The monoisotopic (exact) mass is 490 g/mol. The van der Waals surface area contributed by atoms with Crippen LogP contribution in [0.5, 0.6) is 5.75 Å². The van der Waals surface area contributed by atoms with Crippen LogP contribution < -0.4 is 10.1 Å². The van der Waals surface area contributed by atoms with Gasteiger partial charge in [0.1, 0.15) is 28.6 Å². The molecule has 3 heterocycles. The average Bonchev–Trinajstić information content (AvgIpc) is 3.37. The minimum absolute atomic E-state index is 0.135. The Morgan fingerprint density at radius 2 is 1.94 bits per heavy atom. The van der Waals surface area contributed by atoms with Crippen LogP contribution in [-0.2, 0) is 11.2 Å². The summed E-state index contributed by atoms with van der Waals surface area (Å²) >= 11 is 1.22. The molecule has 4 rings (SSSR count). The second-order valence-corrected chi connectivity index (χ2v) is 8.42. The number of nitrogens with one attached hydrogen (secondary N) is 2. The van der Waals surface area contributed by atoms with Gasteiger partial charge in [0, 0.05) is 24.8 Å². The second-order valence-electron chi connectivity index (χ2n) is 7.42. The van der Waals surface area contributed by atoms with E-state index in [4.69, 9.17) is 4.74 Å². The van der Waals surface area contributed by atoms with Gasteiger partial charge in [-0.05, 0) is 36.4 Å². The Morgan fingerprint density at radius 3 is 2.63 bits per heavy atom. The first kappa shape index (κ1) is 23.9. The van der Waals surface area contributed by atoms with E-state index in [1.165, 1.54) is 43.5 Å². The summed E-state index contributed by atoms with van der Waals surface area (Å²) in [5.74, 6) is -0.244. The van der Waals surface area contributed by atoms with E-state index in [-0.39, 0.29) is 23.2 Å². The molecular weight excluding hydrogens is 468 g/mol. The topological polar surface area (TPSA) is 132 Å². The number of aromatic nitrogens is 5. The molecule has 0 fully saturated rings. The number of H-pyrrole nitrogens is 1. The van der Waals surface area contributed by atoms with Gasteiger partial charge in [-0.3, -0.25) is 9.89 Å². The lowest BCUT2D eigenvalue weighted by molar-refractivity contribution is 0.0600. The standard InChI is InChI=1S/C24H22N6O4S/c1-15(10-16-6-4-3-5-7-16)34-18-11-19(28-21(12-18)35-24-26-14-27-30-24)22(31)29-20-9-8-17(13-25-20)23(32)33-2/h3-9,11-15H,10H2,1-2H3,(H,25,29,31)(H,26,27,30)/t15-/m0/s1. The number of aromatic amines is 1. The molecule has 11 heteroatoms. The molecule has 1 aromatic carbocycles. The lowest BCUT2D eigenvalue weighted by Crippen LogP contribution is -2.18. The minimum atomic E-state index is -0.513. The molecule has 0 unspecified atom stereocenters. The predicted molar refractivity (Wildman–Crippen MR) is 129 cm³/mol. The number of ether oxygens (including phenoxy) is 2. The first-order valence-corrected chi connectivity index (χ1v) is 11.4. The van der Waals surface area contributed by atoms with Gasteiger partial charge >= 0.3 is 5.97 Å². The first-order valence-electron chi connectivity index (χ1n) is 10.6. The number of anilines is 1. The average molecular weight is 491 g/mol. The molecule has 0 saturated carbocycles. The van der Waals surface area contributed by atoms with Crippen molar-refractivity contribution in [1.29, 1.82) is 0 Å². The molecule has 0 radical (unpaired) electrons. The molecule has 0 aliphatic carbocycles. The van der Waals surface area contributed by atoms with Gasteiger partial charge in [-0.2, -0.15) is 5.10 Å². The van der Waals surface area contributed by atoms with Crippen molar-refractivity contribution < 1.29 is 19.1 Å². The van der Waals surface area contributed by atoms with Crippen LogP contribution in [0.2, 0.25) is 0 Å². The van der Waals surface area contributed by atoms with Crippen LogP contribution in [0.15, 0.2) is 77.3 Å². The number of amides is 1. The lowest BCUT2D eigenvalue weighted by atomic mass is 10.1. The summed E-state index contributed by atoms with van der Waals surface area (Å²) in [4.78, 5) is 37.2. The van der Waals surface area contributed by atoms with Crippen molar-refractivity contribution in [3.8, 4) is 5.75 Å². The van der Waals surface area contributed by atoms with E-state index in [0.29, 0.717) is 22.4 Å². The van der Waals surface area contributed by atoms with Crippen molar-refractivity contribution in [3.63, 3.8) is 0 Å². The van der Waals surface area contributed by atoms with Crippen molar-refractivity contribution in [3.05, 3.63) is 83.9 Å². The summed E-state index contributed by atoms with van der Waals surface area (Å²) in [5.41, 5.74) is 1.55. The Morgan fingerprint density at radius 1 is 1.11 bits per heavy atom. The van der Waals surface area contributed by atoms with Gasteiger partial charge in [-0.25, -0.2) is 19.7 Å². The summed E-state index contributed by atoms with van der Waals surface area (Å²) in [7, 11) is 1.29. The maximum absolute atomic E-state index is 13.0. The Hall–Kier alpha value is -4.25. The van der Waals surface area contributed by atoms with E-state index in [2.05, 4.69) is 35.2 Å². The van der Waals surface area contributed by atoms with Crippen molar-refractivity contribution in [2.45, 2.75) is 29.6 Å². The van der Waals surface area contributed by atoms with Crippen molar-refractivity contribution in [1.82, 2.24) is 25.1 Å². The molecule has 4 aromatic rings. The third-order valence-electron chi connectivity index (χ3n) is 4.73. The van der Waals surface area contributed by atoms with Gasteiger partial charge in [0.05, 0.1) is 18.8 Å². The van der Waals surface area contributed by atoms with Crippen LogP contribution in [0, 0.1) is 0 Å². The molecule has 0 saturated heterocycles. The van der Waals surface area contributed by atoms with E-state index < -0.39 is 11.9 Å². The zero-order valence-electron chi connectivity index (χ0n) is 19.0. The molecule has 1 atom stereocenters. The third kappa shape index (κ3) is 6.64. The zero-order valence-corrected chi connectivity index (χ0v) is 19.8. The largest absolute Gasteiger partial charge is 0.490 e. The molecule has 35 heavy (non-hydrogen) atoms. The van der Waals surface area contributed by atoms with Gasteiger partial charge in [0.2, 0.25) is 0 Å². The number of rotatable bonds is 9. The summed E-state index contributed by atoms with van der Waals surface area (Å²) in [6.07, 6.45) is 3.27. The van der Waals surface area contributed by atoms with E-state index in [9.17, 15) is 9.59 Å². The van der Waals surface area contributed by atoms with Gasteiger partial charge < -0.3 is 14.8 Å². The van der Waals surface area contributed by atoms with Crippen LogP contribution in [0.3, 0.4) is 0 Å². The highest BCUT2D eigenvalue weighted by Gasteiger charge is 2.16. The Bertz CT molecular complexity index is 1280. The van der Waals surface area contributed by atoms with Crippen LogP contribution in [0.25, 0.3) is 0 Å². The number of esters is 1. The fourth-order valence-corrected chi connectivity index (χ4v) is 3.88. The highest BCUT2D eigenvalue weighted by Crippen LogP contribution is 2.27. The number of methoxy groups -OCH3 is 1. The number of nitrogens with zero attached hydrogens (tertiary/aromatic N) is 4. The van der Waals surface area contributed by atoms with E-state index in [1.54, 1.807) is 12.1 Å². The van der Waals surface area contributed by atoms with Crippen molar-refractivity contribution in [2.24, 2.45) is 0 Å². The molecule has 0 spiro atoms. The number of hydrogen-bond acceptors (Lipinski definition) is 9. The number of hydrogen-bond donors (Lipinski definition) is 2. The van der Waals surface area contributed by atoms with E-state index in [1.807, 2.05) is 37.3 Å². The summed E-state index contributed by atoms with van der Waals surface area (Å²) in [6, 6.07) is 16.3.